The maximum Gasteiger partial charge on any atom is 0.272 e. The first-order valence-corrected chi connectivity index (χ1v) is 5.59. The van der Waals surface area contributed by atoms with E-state index in [1.54, 1.807) is 13.0 Å². The van der Waals surface area contributed by atoms with Crippen LogP contribution in [0.15, 0.2) is 18.2 Å². The minimum Gasteiger partial charge on any atom is -0.307 e. The molecule has 1 aliphatic carbocycles. The minimum atomic E-state index is -0.317. The third-order valence-corrected chi connectivity index (χ3v) is 2.99. The van der Waals surface area contributed by atoms with Gasteiger partial charge in [-0.1, -0.05) is 12.1 Å². The topological polar surface area (TPSA) is 55.2 Å². The molecular weight excluding hydrogens is 204 g/mol. The second kappa shape index (κ2) is 4.22. The summed E-state index contributed by atoms with van der Waals surface area (Å²) in [5, 5.41) is 14.2. The molecule has 16 heavy (non-hydrogen) atoms. The second-order valence-corrected chi connectivity index (χ2v) is 4.47. The van der Waals surface area contributed by atoms with E-state index >= 15 is 0 Å². The van der Waals surface area contributed by atoms with Gasteiger partial charge in [-0.25, -0.2) is 0 Å². The van der Waals surface area contributed by atoms with Gasteiger partial charge in [0.15, 0.2) is 0 Å². The Hall–Kier alpha value is -1.42. The highest BCUT2D eigenvalue weighted by Crippen LogP contribution is 2.27. The van der Waals surface area contributed by atoms with Crippen LogP contribution in [-0.2, 0) is 0 Å². The van der Waals surface area contributed by atoms with E-state index in [4.69, 9.17) is 0 Å². The molecule has 0 saturated heterocycles. The van der Waals surface area contributed by atoms with Crippen LogP contribution in [0.4, 0.5) is 5.69 Å². The normalized spacial score (nSPS) is 17.1. The molecule has 1 aromatic carbocycles. The van der Waals surface area contributed by atoms with E-state index in [1.165, 1.54) is 12.8 Å². The zero-order chi connectivity index (χ0) is 11.7. The number of rotatable bonds is 4. The molecule has 86 valence electrons. The van der Waals surface area contributed by atoms with E-state index in [0.29, 0.717) is 11.6 Å². The molecule has 4 nitrogen and oxygen atoms in total. The molecule has 1 fully saturated rings. The maximum atomic E-state index is 10.8. The van der Waals surface area contributed by atoms with Gasteiger partial charge >= 0.3 is 0 Å². The van der Waals surface area contributed by atoms with Gasteiger partial charge in [0.2, 0.25) is 0 Å². The van der Waals surface area contributed by atoms with Crippen molar-refractivity contribution in [1.82, 2.24) is 5.32 Å². The highest BCUT2D eigenvalue weighted by Gasteiger charge is 2.24. The average molecular weight is 220 g/mol. The lowest BCUT2D eigenvalue weighted by molar-refractivity contribution is -0.385. The highest BCUT2D eigenvalue weighted by atomic mass is 16.6. The van der Waals surface area contributed by atoms with E-state index in [9.17, 15) is 10.1 Å². The minimum absolute atomic E-state index is 0.187. The fourth-order valence-corrected chi connectivity index (χ4v) is 1.79. The number of benzene rings is 1. The Morgan fingerprint density at radius 1 is 1.50 bits per heavy atom. The lowest BCUT2D eigenvalue weighted by atomic mass is 10.0. The molecule has 1 saturated carbocycles. The van der Waals surface area contributed by atoms with Gasteiger partial charge in [-0.2, -0.15) is 0 Å². The first-order valence-electron chi connectivity index (χ1n) is 5.59. The number of nitrogens with one attached hydrogen (secondary N) is 1. The second-order valence-electron chi connectivity index (χ2n) is 4.47. The Kier molecular flexibility index (Phi) is 2.92. The van der Waals surface area contributed by atoms with Crippen molar-refractivity contribution in [3.05, 3.63) is 39.4 Å². The van der Waals surface area contributed by atoms with Gasteiger partial charge in [0, 0.05) is 23.7 Å². The van der Waals surface area contributed by atoms with Gasteiger partial charge in [-0.05, 0) is 32.3 Å². The molecule has 0 bridgehead atoms. The lowest BCUT2D eigenvalue weighted by Crippen LogP contribution is -2.20. The Morgan fingerprint density at radius 2 is 2.19 bits per heavy atom. The van der Waals surface area contributed by atoms with Crippen LogP contribution in [0.25, 0.3) is 0 Å². The molecule has 0 heterocycles. The van der Waals surface area contributed by atoms with Crippen LogP contribution in [0.5, 0.6) is 0 Å². The summed E-state index contributed by atoms with van der Waals surface area (Å²) in [5.74, 6) is 0. The van der Waals surface area contributed by atoms with Crippen molar-refractivity contribution in [2.24, 2.45) is 0 Å². The Morgan fingerprint density at radius 3 is 2.75 bits per heavy atom. The summed E-state index contributed by atoms with van der Waals surface area (Å²) in [4.78, 5) is 10.5. The third-order valence-electron chi connectivity index (χ3n) is 2.99. The van der Waals surface area contributed by atoms with Gasteiger partial charge in [-0.3, -0.25) is 10.1 Å². The van der Waals surface area contributed by atoms with E-state index in [-0.39, 0.29) is 16.7 Å². The fraction of sp³-hybridized carbons (Fsp3) is 0.500. The maximum absolute atomic E-state index is 10.8. The van der Waals surface area contributed by atoms with Crippen molar-refractivity contribution in [3.8, 4) is 0 Å². The van der Waals surface area contributed by atoms with Crippen molar-refractivity contribution in [1.29, 1.82) is 0 Å². The standard InChI is InChI=1S/C12H16N2O2/c1-8-3-4-10(7-12(8)14(15)16)9(2)13-11-5-6-11/h3-4,7,9,11,13H,5-6H2,1-2H3. The van der Waals surface area contributed by atoms with Crippen LogP contribution in [0.1, 0.15) is 36.9 Å². The van der Waals surface area contributed by atoms with Gasteiger partial charge in [0.25, 0.3) is 5.69 Å². The quantitative estimate of drug-likeness (QED) is 0.627. The molecule has 1 N–H and O–H groups in total. The number of nitro benzene ring substituents is 1. The van der Waals surface area contributed by atoms with Crippen LogP contribution in [0.3, 0.4) is 0 Å². The number of nitrogens with zero attached hydrogens (tertiary/aromatic N) is 1. The number of aryl methyl sites for hydroxylation is 1. The summed E-state index contributed by atoms with van der Waals surface area (Å²) in [5.41, 5.74) is 1.92. The molecule has 1 unspecified atom stereocenters. The largest absolute Gasteiger partial charge is 0.307 e. The molecule has 1 atom stereocenters. The number of hydrogen-bond acceptors (Lipinski definition) is 3. The average Bonchev–Trinajstić information content (AvgIpc) is 3.01. The van der Waals surface area contributed by atoms with Crippen molar-refractivity contribution in [2.45, 2.75) is 38.8 Å². The molecule has 0 amide bonds. The molecule has 4 heteroatoms. The molecule has 0 aliphatic heterocycles. The van der Waals surface area contributed by atoms with Crippen LogP contribution >= 0.6 is 0 Å². The molecule has 0 aromatic heterocycles. The number of nitro groups is 1. The van der Waals surface area contributed by atoms with E-state index in [1.807, 2.05) is 19.1 Å². The molecule has 0 spiro atoms. The molecule has 1 aromatic rings. The lowest BCUT2D eigenvalue weighted by Gasteiger charge is -2.13. The van der Waals surface area contributed by atoms with Gasteiger partial charge in [0.1, 0.15) is 0 Å². The Bertz CT molecular complexity index is 413. The van der Waals surface area contributed by atoms with Crippen LogP contribution in [0.2, 0.25) is 0 Å². The summed E-state index contributed by atoms with van der Waals surface area (Å²) >= 11 is 0. The predicted molar refractivity (Wildman–Crippen MR) is 62.4 cm³/mol. The van der Waals surface area contributed by atoms with Gasteiger partial charge < -0.3 is 5.32 Å². The summed E-state index contributed by atoms with van der Waals surface area (Å²) < 4.78 is 0. The first kappa shape index (κ1) is 11.1. The van der Waals surface area contributed by atoms with E-state index < -0.39 is 0 Å². The predicted octanol–water partition coefficient (Wildman–Crippen LogP) is 2.72. The van der Waals surface area contributed by atoms with Crippen LogP contribution in [-0.4, -0.2) is 11.0 Å². The smallest absolute Gasteiger partial charge is 0.272 e. The Labute approximate surface area is 94.8 Å². The molecular formula is C12H16N2O2. The first-order chi connectivity index (χ1) is 7.58. The van der Waals surface area contributed by atoms with E-state index in [2.05, 4.69) is 5.32 Å². The molecule has 2 rings (SSSR count). The molecule has 1 aliphatic rings. The molecule has 0 radical (unpaired) electrons. The zero-order valence-corrected chi connectivity index (χ0v) is 9.56. The van der Waals surface area contributed by atoms with Crippen molar-refractivity contribution < 1.29 is 4.92 Å². The van der Waals surface area contributed by atoms with Crippen molar-refractivity contribution in [3.63, 3.8) is 0 Å². The third kappa shape index (κ3) is 2.39. The van der Waals surface area contributed by atoms with Crippen molar-refractivity contribution >= 4 is 5.69 Å². The summed E-state index contributed by atoms with van der Waals surface area (Å²) in [6, 6.07) is 6.25. The SMILES string of the molecule is Cc1ccc(C(C)NC2CC2)cc1[N+](=O)[O-]. The number of hydrogen-bond donors (Lipinski definition) is 1. The monoisotopic (exact) mass is 220 g/mol. The summed E-state index contributed by atoms with van der Waals surface area (Å²) in [7, 11) is 0. The zero-order valence-electron chi connectivity index (χ0n) is 9.56. The van der Waals surface area contributed by atoms with Gasteiger partial charge in [-0.15, -0.1) is 0 Å². The fourth-order valence-electron chi connectivity index (χ4n) is 1.79. The van der Waals surface area contributed by atoms with Crippen LogP contribution in [0, 0.1) is 17.0 Å². The van der Waals surface area contributed by atoms with Gasteiger partial charge in [0.05, 0.1) is 4.92 Å². The highest BCUT2D eigenvalue weighted by molar-refractivity contribution is 5.43. The Balaban J connectivity index is 2.20. The summed E-state index contributed by atoms with van der Waals surface area (Å²) in [6.45, 7) is 3.81. The summed E-state index contributed by atoms with van der Waals surface area (Å²) in [6.07, 6.45) is 2.44. The van der Waals surface area contributed by atoms with E-state index in [0.717, 1.165) is 5.56 Å². The van der Waals surface area contributed by atoms with Crippen LogP contribution < -0.4 is 5.32 Å². The van der Waals surface area contributed by atoms with Crippen molar-refractivity contribution in [2.75, 3.05) is 0 Å².